The summed E-state index contributed by atoms with van der Waals surface area (Å²) in [6.07, 6.45) is 6.95. The van der Waals surface area contributed by atoms with Gasteiger partial charge in [-0.25, -0.2) is 5.43 Å². The Morgan fingerprint density at radius 2 is 1.76 bits per heavy atom. The molecule has 8 rings (SSSR count). The highest BCUT2D eigenvalue weighted by Gasteiger charge is 2.67. The molecule has 2 aromatic rings. The zero-order valence-electron chi connectivity index (χ0n) is 24.1. The fourth-order valence-electron chi connectivity index (χ4n) is 9.03. The molecule has 3 N–H and O–H groups in total. The quantitative estimate of drug-likeness (QED) is 0.516. The maximum Gasteiger partial charge on any atom is 0.235 e. The number of hydrogen-bond acceptors (Lipinski definition) is 7. The molecule has 4 aliphatic heterocycles. The standard InChI is InChI=1S/C33H43N5O3/c1-40-25-7-9-29-27(19-25)33(32(39)34-29)20-28(33)22-4-8-26-30(18-22)35-36-31(26)21-2-5-23(6-3-21)37-12-10-24(11-13-37)38-14-16-41-17-15-38/h2-3,5-7,9,19,22,24,26,28,30-31,35-36H,4,8,10-18,20H2,1H3,(H,34,39)/t22?,26?,28-,30?,31?,33-/m0/s1. The van der Waals surface area contributed by atoms with Crippen molar-refractivity contribution in [3.63, 3.8) is 0 Å². The van der Waals surface area contributed by atoms with Gasteiger partial charge in [0.25, 0.3) is 0 Å². The van der Waals surface area contributed by atoms with Gasteiger partial charge in [0.2, 0.25) is 5.91 Å². The summed E-state index contributed by atoms with van der Waals surface area (Å²) in [4.78, 5) is 18.4. The van der Waals surface area contributed by atoms with Crippen LogP contribution in [0.25, 0.3) is 0 Å². The van der Waals surface area contributed by atoms with Crippen molar-refractivity contribution < 1.29 is 14.3 Å². The highest BCUT2D eigenvalue weighted by molar-refractivity contribution is 6.09. The van der Waals surface area contributed by atoms with E-state index in [2.05, 4.69) is 56.3 Å². The highest BCUT2D eigenvalue weighted by atomic mass is 16.5. The number of carbonyl (C=O) groups is 1. The van der Waals surface area contributed by atoms with Crippen LogP contribution in [0.5, 0.6) is 5.75 Å². The van der Waals surface area contributed by atoms with E-state index in [1.54, 1.807) is 7.11 Å². The van der Waals surface area contributed by atoms with Crippen LogP contribution in [0, 0.1) is 17.8 Å². The third-order valence-electron chi connectivity index (χ3n) is 11.4. The van der Waals surface area contributed by atoms with Crippen LogP contribution < -0.4 is 25.8 Å². The molecule has 0 aromatic heterocycles. The Balaban J connectivity index is 0.890. The molecule has 218 valence electrons. The smallest absolute Gasteiger partial charge is 0.235 e. The number of methoxy groups -OCH3 is 1. The molecule has 4 unspecified atom stereocenters. The van der Waals surface area contributed by atoms with Crippen molar-refractivity contribution in [2.75, 3.05) is 56.7 Å². The number of nitrogens with zero attached hydrogens (tertiary/aromatic N) is 2. The van der Waals surface area contributed by atoms with Crippen molar-refractivity contribution in [3.05, 3.63) is 53.6 Å². The first kappa shape index (κ1) is 26.0. The van der Waals surface area contributed by atoms with Gasteiger partial charge in [-0.1, -0.05) is 12.1 Å². The summed E-state index contributed by atoms with van der Waals surface area (Å²) >= 11 is 0. The molecule has 2 aromatic carbocycles. The summed E-state index contributed by atoms with van der Waals surface area (Å²) in [5.74, 6) is 2.59. The van der Waals surface area contributed by atoms with E-state index >= 15 is 0 Å². The van der Waals surface area contributed by atoms with Gasteiger partial charge >= 0.3 is 0 Å². The lowest BCUT2D eigenvalue weighted by Crippen LogP contribution is -2.49. The summed E-state index contributed by atoms with van der Waals surface area (Å²) in [5.41, 5.74) is 11.8. The molecule has 0 radical (unpaired) electrons. The molecule has 8 heteroatoms. The second-order valence-corrected chi connectivity index (χ2v) is 13.2. The molecule has 0 bridgehead atoms. The molecular formula is C33H43N5O3. The zero-order valence-corrected chi connectivity index (χ0v) is 24.1. The van der Waals surface area contributed by atoms with Crippen LogP contribution in [0.2, 0.25) is 0 Å². The van der Waals surface area contributed by atoms with Crippen LogP contribution in [-0.4, -0.2) is 69.4 Å². The molecule has 1 amide bonds. The number of ether oxygens (including phenoxy) is 2. The third kappa shape index (κ3) is 4.37. The minimum absolute atomic E-state index is 0.189. The van der Waals surface area contributed by atoms with Crippen molar-refractivity contribution in [1.29, 1.82) is 0 Å². The molecule has 6 aliphatic rings. The summed E-state index contributed by atoms with van der Waals surface area (Å²) in [7, 11) is 1.70. The Bertz CT molecular complexity index is 1290. The number of fused-ring (bicyclic) bond motifs is 3. The average Bonchev–Trinajstić information content (AvgIpc) is 3.56. The first-order valence-electron chi connectivity index (χ1n) is 15.8. The molecule has 41 heavy (non-hydrogen) atoms. The fraction of sp³-hybridized carbons (Fsp3) is 0.606. The number of anilines is 2. The first-order chi connectivity index (χ1) is 20.1. The maximum atomic E-state index is 13.2. The highest BCUT2D eigenvalue weighted by Crippen LogP contribution is 2.65. The number of hydrazine groups is 1. The first-order valence-corrected chi connectivity index (χ1v) is 15.8. The lowest BCUT2D eigenvalue weighted by molar-refractivity contribution is -0.118. The van der Waals surface area contributed by atoms with Crippen molar-refractivity contribution in [2.24, 2.45) is 17.8 Å². The predicted molar refractivity (Wildman–Crippen MR) is 159 cm³/mol. The normalized spacial score (nSPS) is 35.3. The van der Waals surface area contributed by atoms with E-state index < -0.39 is 0 Å². The molecule has 2 saturated carbocycles. The zero-order chi connectivity index (χ0) is 27.6. The molecule has 4 heterocycles. The van der Waals surface area contributed by atoms with Crippen LogP contribution in [0.4, 0.5) is 11.4 Å². The van der Waals surface area contributed by atoms with E-state index in [9.17, 15) is 4.79 Å². The second kappa shape index (κ2) is 10.3. The summed E-state index contributed by atoms with van der Waals surface area (Å²) in [5, 5.41) is 3.16. The summed E-state index contributed by atoms with van der Waals surface area (Å²) < 4.78 is 11.0. The van der Waals surface area contributed by atoms with Gasteiger partial charge < -0.3 is 19.7 Å². The number of piperidine rings is 1. The lowest BCUT2D eigenvalue weighted by Gasteiger charge is -2.41. The van der Waals surface area contributed by atoms with Crippen LogP contribution in [0.1, 0.15) is 55.7 Å². The van der Waals surface area contributed by atoms with Gasteiger partial charge in [-0.2, -0.15) is 0 Å². The number of benzene rings is 2. The van der Waals surface area contributed by atoms with Crippen LogP contribution in [0.15, 0.2) is 42.5 Å². The van der Waals surface area contributed by atoms with Gasteiger partial charge in [0.15, 0.2) is 0 Å². The van der Waals surface area contributed by atoms with E-state index in [1.165, 1.54) is 36.9 Å². The molecular weight excluding hydrogens is 514 g/mol. The molecule has 1 spiro atoms. The lowest BCUT2D eigenvalue weighted by atomic mass is 9.72. The molecule has 5 fully saturated rings. The minimum Gasteiger partial charge on any atom is -0.497 e. The van der Waals surface area contributed by atoms with Crippen molar-refractivity contribution in [1.82, 2.24) is 15.8 Å². The number of morpholine rings is 1. The van der Waals surface area contributed by atoms with Gasteiger partial charge in [0.1, 0.15) is 5.75 Å². The van der Waals surface area contributed by atoms with Crippen LogP contribution in [0.3, 0.4) is 0 Å². The van der Waals surface area contributed by atoms with Crippen molar-refractivity contribution in [3.8, 4) is 5.75 Å². The van der Waals surface area contributed by atoms with Gasteiger partial charge in [0, 0.05) is 49.6 Å². The Hall–Kier alpha value is -2.65. The number of hydrogen-bond donors (Lipinski definition) is 3. The molecule has 6 atom stereocenters. The van der Waals surface area contributed by atoms with Crippen molar-refractivity contribution >= 4 is 17.3 Å². The number of amides is 1. The van der Waals surface area contributed by atoms with Gasteiger partial charge in [-0.3, -0.25) is 15.1 Å². The Kier molecular flexibility index (Phi) is 6.51. The van der Waals surface area contributed by atoms with Gasteiger partial charge in [-0.15, -0.1) is 0 Å². The largest absolute Gasteiger partial charge is 0.497 e. The van der Waals surface area contributed by atoms with Crippen LogP contribution in [-0.2, 0) is 14.9 Å². The van der Waals surface area contributed by atoms with E-state index in [1.807, 2.05) is 12.1 Å². The fourth-order valence-corrected chi connectivity index (χ4v) is 9.03. The number of nitrogens with one attached hydrogen (secondary N) is 3. The molecule has 2 aliphatic carbocycles. The monoisotopic (exact) mass is 557 g/mol. The SMILES string of the molecule is COc1ccc2c(c1)[C@]1(C[C@H]1C1CCC3C(C1)NNC3c1ccc(N3CCC(N4CCOCC4)CC3)cc1)C(=O)N2. The topological polar surface area (TPSA) is 78.1 Å². The van der Waals surface area contributed by atoms with Gasteiger partial charge in [0.05, 0.1) is 31.8 Å². The Morgan fingerprint density at radius 1 is 0.951 bits per heavy atom. The van der Waals surface area contributed by atoms with E-state index in [4.69, 9.17) is 9.47 Å². The van der Waals surface area contributed by atoms with Crippen LogP contribution >= 0.6 is 0 Å². The van der Waals surface area contributed by atoms with Crippen molar-refractivity contribution in [2.45, 2.75) is 62.1 Å². The van der Waals surface area contributed by atoms with E-state index in [-0.39, 0.29) is 11.3 Å². The third-order valence-corrected chi connectivity index (χ3v) is 11.4. The number of carbonyl (C=O) groups excluding carboxylic acids is 1. The average molecular weight is 558 g/mol. The number of rotatable bonds is 5. The van der Waals surface area contributed by atoms with Gasteiger partial charge in [-0.05, 0) is 97.7 Å². The maximum absolute atomic E-state index is 13.2. The van der Waals surface area contributed by atoms with E-state index in [0.717, 1.165) is 69.2 Å². The predicted octanol–water partition coefficient (Wildman–Crippen LogP) is 3.84. The molecule has 8 nitrogen and oxygen atoms in total. The Morgan fingerprint density at radius 3 is 2.54 bits per heavy atom. The van der Waals surface area contributed by atoms with E-state index in [0.29, 0.717) is 35.9 Å². The Labute approximate surface area is 243 Å². The minimum atomic E-state index is -0.348. The second-order valence-electron chi connectivity index (χ2n) is 13.2. The summed E-state index contributed by atoms with van der Waals surface area (Å²) in [6.45, 7) is 6.21. The molecule has 3 saturated heterocycles. The summed E-state index contributed by atoms with van der Waals surface area (Å²) in [6, 6.07) is 16.9.